The van der Waals surface area contributed by atoms with Crippen molar-refractivity contribution in [1.29, 1.82) is 0 Å². The Balaban J connectivity index is 2.55. The molecule has 0 bridgehead atoms. The van der Waals surface area contributed by atoms with E-state index < -0.39 is 6.10 Å². The molecule has 0 amide bonds. The summed E-state index contributed by atoms with van der Waals surface area (Å²) in [4.78, 5) is 1.99. The van der Waals surface area contributed by atoms with E-state index in [1.54, 1.807) is 21.1 Å². The van der Waals surface area contributed by atoms with E-state index in [1.165, 1.54) is 0 Å². The van der Waals surface area contributed by atoms with E-state index in [4.69, 9.17) is 9.47 Å². The fourth-order valence-corrected chi connectivity index (χ4v) is 2.46. The van der Waals surface area contributed by atoms with Gasteiger partial charge in [0.05, 0.1) is 31.7 Å². The number of benzene rings is 2. The van der Waals surface area contributed by atoms with E-state index in [2.05, 4.69) is 0 Å². The van der Waals surface area contributed by atoms with Crippen LogP contribution >= 0.6 is 0 Å². The molecule has 21 heavy (non-hydrogen) atoms. The molecule has 0 saturated heterocycles. The molecule has 0 aliphatic heterocycles. The maximum Gasteiger partial charge on any atom is 0.142 e. The molecule has 1 atom stereocenters. The number of nitrogens with zero attached hydrogens (tertiary/aromatic N) is 1. The van der Waals surface area contributed by atoms with Crippen LogP contribution in [0.5, 0.6) is 11.5 Å². The van der Waals surface area contributed by atoms with Gasteiger partial charge in [0.1, 0.15) is 11.5 Å². The van der Waals surface area contributed by atoms with E-state index in [9.17, 15) is 5.11 Å². The Kier molecular flexibility index (Phi) is 4.70. The first-order chi connectivity index (χ1) is 10.1. The van der Waals surface area contributed by atoms with Crippen LogP contribution in [0.3, 0.4) is 0 Å². The molecule has 112 valence electrons. The number of aliphatic hydroxyl groups is 1. The summed E-state index contributed by atoms with van der Waals surface area (Å²) >= 11 is 0. The van der Waals surface area contributed by atoms with Gasteiger partial charge in [0, 0.05) is 12.6 Å². The van der Waals surface area contributed by atoms with E-state index >= 15 is 0 Å². The lowest BCUT2D eigenvalue weighted by atomic mass is 10.1. The number of ether oxygens (including phenoxy) is 2. The summed E-state index contributed by atoms with van der Waals surface area (Å²) in [6.45, 7) is 1.73. The topological polar surface area (TPSA) is 41.9 Å². The lowest BCUT2D eigenvalue weighted by Gasteiger charge is -2.26. The van der Waals surface area contributed by atoms with Crippen molar-refractivity contribution in [2.24, 2.45) is 0 Å². The molecule has 0 spiro atoms. The Morgan fingerprint density at radius 1 is 0.905 bits per heavy atom. The number of rotatable bonds is 5. The zero-order valence-corrected chi connectivity index (χ0v) is 12.8. The second kappa shape index (κ2) is 6.50. The molecule has 0 aliphatic rings. The zero-order valence-electron chi connectivity index (χ0n) is 12.8. The highest BCUT2D eigenvalue weighted by Crippen LogP contribution is 2.39. The van der Waals surface area contributed by atoms with Crippen molar-refractivity contribution in [2.45, 2.75) is 13.0 Å². The van der Waals surface area contributed by atoms with Crippen LogP contribution in [0.2, 0.25) is 0 Å². The van der Waals surface area contributed by atoms with E-state index in [0.29, 0.717) is 5.75 Å². The van der Waals surface area contributed by atoms with Gasteiger partial charge in [-0.25, -0.2) is 0 Å². The van der Waals surface area contributed by atoms with Gasteiger partial charge >= 0.3 is 0 Å². The fraction of sp³-hybridized carbons (Fsp3) is 0.294. The predicted octanol–water partition coefficient (Wildman–Crippen LogP) is 3.53. The lowest BCUT2D eigenvalue weighted by molar-refractivity contribution is 0.195. The number of hydrogen-bond acceptors (Lipinski definition) is 4. The molecule has 2 aromatic rings. The Bertz CT molecular complexity index is 611. The van der Waals surface area contributed by atoms with Crippen molar-refractivity contribution in [3.05, 3.63) is 48.0 Å². The Hall–Kier alpha value is -2.20. The summed E-state index contributed by atoms with van der Waals surface area (Å²) in [5, 5.41) is 10.1. The monoisotopic (exact) mass is 287 g/mol. The van der Waals surface area contributed by atoms with Gasteiger partial charge in [0.15, 0.2) is 0 Å². The molecule has 0 aromatic heterocycles. The Labute approximate surface area is 125 Å². The highest BCUT2D eigenvalue weighted by atomic mass is 16.5. The first kappa shape index (κ1) is 15.2. The summed E-state index contributed by atoms with van der Waals surface area (Å²) in [6, 6.07) is 13.5. The van der Waals surface area contributed by atoms with Crippen LogP contribution in [-0.2, 0) is 0 Å². The number of hydrogen-bond donors (Lipinski definition) is 1. The highest BCUT2D eigenvalue weighted by molar-refractivity contribution is 5.72. The van der Waals surface area contributed by atoms with Gasteiger partial charge in [-0.05, 0) is 31.2 Å². The summed E-state index contributed by atoms with van der Waals surface area (Å²) < 4.78 is 10.8. The molecular weight excluding hydrogens is 266 g/mol. The van der Waals surface area contributed by atoms with Gasteiger partial charge in [-0.3, -0.25) is 0 Å². The average molecular weight is 287 g/mol. The molecule has 4 heteroatoms. The molecule has 0 fully saturated rings. The second-order valence-corrected chi connectivity index (χ2v) is 4.80. The summed E-state index contributed by atoms with van der Waals surface area (Å²) in [5.41, 5.74) is 2.57. The number of methoxy groups -OCH3 is 2. The fourth-order valence-electron chi connectivity index (χ4n) is 2.46. The highest BCUT2D eigenvalue weighted by Gasteiger charge is 2.19. The second-order valence-electron chi connectivity index (χ2n) is 4.80. The van der Waals surface area contributed by atoms with Crippen LogP contribution in [0.15, 0.2) is 42.5 Å². The third kappa shape index (κ3) is 2.95. The van der Waals surface area contributed by atoms with Gasteiger partial charge in [0.25, 0.3) is 0 Å². The molecule has 0 heterocycles. The molecule has 0 radical (unpaired) electrons. The first-order valence-electron chi connectivity index (χ1n) is 6.81. The van der Waals surface area contributed by atoms with Gasteiger partial charge in [-0.15, -0.1) is 0 Å². The van der Waals surface area contributed by atoms with Crippen LogP contribution in [0.4, 0.5) is 11.4 Å². The molecule has 2 rings (SSSR count). The predicted molar refractivity (Wildman–Crippen MR) is 84.7 cm³/mol. The average Bonchev–Trinajstić information content (AvgIpc) is 2.53. The molecule has 1 unspecified atom stereocenters. The largest absolute Gasteiger partial charge is 0.496 e. The van der Waals surface area contributed by atoms with Crippen molar-refractivity contribution in [3.8, 4) is 11.5 Å². The minimum Gasteiger partial charge on any atom is -0.496 e. The van der Waals surface area contributed by atoms with Crippen LogP contribution in [0.25, 0.3) is 0 Å². The number of para-hydroxylation sites is 2. The van der Waals surface area contributed by atoms with Crippen molar-refractivity contribution >= 4 is 11.4 Å². The van der Waals surface area contributed by atoms with Crippen LogP contribution in [0, 0.1) is 0 Å². The lowest BCUT2D eigenvalue weighted by Crippen LogP contribution is -2.14. The van der Waals surface area contributed by atoms with Crippen LogP contribution in [-0.4, -0.2) is 26.4 Å². The summed E-state index contributed by atoms with van der Waals surface area (Å²) in [7, 11) is 5.19. The maximum atomic E-state index is 10.1. The van der Waals surface area contributed by atoms with Crippen LogP contribution < -0.4 is 14.4 Å². The zero-order chi connectivity index (χ0) is 15.4. The standard InChI is InChI=1S/C17H21NO3/c1-12(19)17-14(9-7-11-16(17)21-4)18(2)13-8-5-6-10-15(13)20-3/h5-12,19H,1-4H3. The van der Waals surface area contributed by atoms with Crippen LogP contribution in [0.1, 0.15) is 18.6 Å². The molecule has 4 nitrogen and oxygen atoms in total. The third-order valence-corrected chi connectivity index (χ3v) is 3.49. The number of anilines is 2. The van der Waals surface area contributed by atoms with Crippen molar-refractivity contribution in [1.82, 2.24) is 0 Å². The molecular formula is C17H21NO3. The normalized spacial score (nSPS) is 11.9. The quantitative estimate of drug-likeness (QED) is 0.913. The molecule has 1 N–H and O–H groups in total. The first-order valence-corrected chi connectivity index (χ1v) is 6.81. The third-order valence-electron chi connectivity index (χ3n) is 3.49. The Morgan fingerprint density at radius 2 is 1.48 bits per heavy atom. The maximum absolute atomic E-state index is 10.1. The van der Waals surface area contributed by atoms with Gasteiger partial charge in [-0.1, -0.05) is 18.2 Å². The Morgan fingerprint density at radius 3 is 2.10 bits per heavy atom. The van der Waals surface area contributed by atoms with Gasteiger partial charge in [-0.2, -0.15) is 0 Å². The van der Waals surface area contributed by atoms with Gasteiger partial charge in [0.2, 0.25) is 0 Å². The smallest absolute Gasteiger partial charge is 0.142 e. The van der Waals surface area contributed by atoms with Gasteiger partial charge < -0.3 is 19.5 Å². The minimum atomic E-state index is -0.631. The summed E-state index contributed by atoms with van der Waals surface area (Å²) in [5.74, 6) is 1.45. The number of aliphatic hydroxyl groups excluding tert-OH is 1. The van der Waals surface area contributed by atoms with E-state index in [-0.39, 0.29) is 0 Å². The van der Waals surface area contributed by atoms with Crippen molar-refractivity contribution in [3.63, 3.8) is 0 Å². The molecule has 0 aliphatic carbocycles. The molecule has 0 saturated carbocycles. The van der Waals surface area contributed by atoms with E-state index in [0.717, 1.165) is 22.7 Å². The molecule has 2 aromatic carbocycles. The van der Waals surface area contributed by atoms with Crippen molar-refractivity contribution < 1.29 is 14.6 Å². The summed E-state index contributed by atoms with van der Waals surface area (Å²) in [6.07, 6.45) is -0.631. The minimum absolute atomic E-state index is 0.631. The van der Waals surface area contributed by atoms with E-state index in [1.807, 2.05) is 54.4 Å². The van der Waals surface area contributed by atoms with Crippen molar-refractivity contribution in [2.75, 3.05) is 26.2 Å². The SMILES string of the molecule is COc1ccccc1N(C)c1cccc(OC)c1C(C)O.